The maximum Gasteiger partial charge on any atom is 0.124 e. The quantitative estimate of drug-likeness (QED) is 0.714. The van der Waals surface area contributed by atoms with E-state index in [1.165, 1.54) is 12.1 Å². The van der Waals surface area contributed by atoms with Gasteiger partial charge in [-0.3, -0.25) is 0 Å². The highest BCUT2D eigenvalue weighted by Gasteiger charge is 2.09. The van der Waals surface area contributed by atoms with E-state index in [0.29, 0.717) is 0 Å². The summed E-state index contributed by atoms with van der Waals surface area (Å²) in [6.45, 7) is 3.78. The van der Waals surface area contributed by atoms with Crippen LogP contribution in [0.4, 0.5) is 0 Å². The average Bonchev–Trinajstić information content (AvgIpc) is 2.15. The Morgan fingerprint density at radius 3 is 2.40 bits per heavy atom. The molecule has 0 atom stereocenters. The minimum atomic E-state index is -4.48. The number of nitriles is 1. The second-order valence-corrected chi connectivity index (χ2v) is 4.85. The normalized spacial score (nSPS) is 11.4. The van der Waals surface area contributed by atoms with E-state index in [9.17, 15) is 13.0 Å². The largest absolute Gasteiger partial charge is 0.744 e. The molecule has 0 aliphatic heterocycles. The van der Waals surface area contributed by atoms with Gasteiger partial charge in [-0.05, 0) is 23.6 Å². The zero-order valence-corrected chi connectivity index (χ0v) is 9.21. The highest BCUT2D eigenvalue weighted by atomic mass is 32.2. The second-order valence-electron chi connectivity index (χ2n) is 3.47. The Morgan fingerprint density at radius 1 is 1.40 bits per heavy atom. The summed E-state index contributed by atoms with van der Waals surface area (Å²) >= 11 is 0. The van der Waals surface area contributed by atoms with E-state index < -0.39 is 10.1 Å². The summed E-state index contributed by atoms with van der Waals surface area (Å²) in [6.07, 6.45) is 0. The lowest BCUT2D eigenvalue weighted by Gasteiger charge is -2.11. The summed E-state index contributed by atoms with van der Waals surface area (Å²) in [7, 11) is -4.48. The topological polar surface area (TPSA) is 81.0 Å². The molecule has 0 bridgehead atoms. The molecule has 0 radical (unpaired) electrons. The van der Waals surface area contributed by atoms with Gasteiger partial charge >= 0.3 is 0 Å². The van der Waals surface area contributed by atoms with Crippen LogP contribution in [0.3, 0.4) is 0 Å². The first-order valence-electron chi connectivity index (χ1n) is 4.36. The van der Waals surface area contributed by atoms with Gasteiger partial charge in [-0.25, -0.2) is 8.42 Å². The van der Waals surface area contributed by atoms with Gasteiger partial charge in [0.05, 0.1) is 16.5 Å². The number of rotatable bonds is 2. The predicted octanol–water partition coefficient (Wildman–Crippen LogP) is 1.59. The molecule has 0 saturated carbocycles. The molecule has 0 fully saturated rings. The molecule has 1 aromatic carbocycles. The highest BCUT2D eigenvalue weighted by Crippen LogP contribution is 2.21. The van der Waals surface area contributed by atoms with E-state index in [1.54, 1.807) is 0 Å². The molecule has 0 amide bonds. The fourth-order valence-electron chi connectivity index (χ4n) is 1.29. The molecule has 0 unspecified atom stereocenters. The monoisotopic (exact) mass is 224 g/mol. The van der Waals surface area contributed by atoms with Crippen LogP contribution in [0.2, 0.25) is 0 Å². The number of hydrogen-bond acceptors (Lipinski definition) is 4. The van der Waals surface area contributed by atoms with E-state index in [0.717, 1.165) is 11.6 Å². The van der Waals surface area contributed by atoms with Gasteiger partial charge in [0.2, 0.25) is 0 Å². The molecule has 0 heterocycles. The van der Waals surface area contributed by atoms with E-state index >= 15 is 0 Å². The van der Waals surface area contributed by atoms with Crippen LogP contribution in [0.1, 0.15) is 30.9 Å². The van der Waals surface area contributed by atoms with Crippen molar-refractivity contribution in [2.75, 3.05) is 0 Å². The fraction of sp³-hybridized carbons (Fsp3) is 0.300. The molecule has 0 N–H and O–H groups in total. The molecule has 15 heavy (non-hydrogen) atoms. The first-order valence-corrected chi connectivity index (χ1v) is 5.77. The van der Waals surface area contributed by atoms with Gasteiger partial charge in [0.15, 0.2) is 0 Å². The minimum Gasteiger partial charge on any atom is -0.744 e. The van der Waals surface area contributed by atoms with Crippen molar-refractivity contribution in [3.8, 4) is 6.07 Å². The Balaban J connectivity index is 3.40. The predicted molar refractivity (Wildman–Crippen MR) is 53.2 cm³/mol. The van der Waals surface area contributed by atoms with E-state index in [2.05, 4.69) is 0 Å². The molecular formula is C10H10NO3S-. The maximum absolute atomic E-state index is 10.7. The second kappa shape index (κ2) is 4.01. The molecule has 1 aromatic rings. The first kappa shape index (κ1) is 11.7. The Hall–Kier alpha value is -1.38. The van der Waals surface area contributed by atoms with Crippen LogP contribution in [-0.2, 0) is 10.1 Å². The lowest BCUT2D eigenvalue weighted by atomic mass is 9.98. The molecular weight excluding hydrogens is 214 g/mol. The van der Waals surface area contributed by atoms with Crippen LogP contribution < -0.4 is 0 Å². The van der Waals surface area contributed by atoms with E-state index in [-0.39, 0.29) is 16.4 Å². The Kier molecular flexibility index (Phi) is 3.12. The molecule has 4 nitrogen and oxygen atoms in total. The van der Waals surface area contributed by atoms with Crippen LogP contribution >= 0.6 is 0 Å². The van der Waals surface area contributed by atoms with Crippen molar-refractivity contribution in [3.63, 3.8) is 0 Å². The lowest BCUT2D eigenvalue weighted by molar-refractivity contribution is 0.463. The third kappa shape index (κ3) is 2.55. The van der Waals surface area contributed by atoms with Gasteiger partial charge in [0, 0.05) is 0 Å². The Labute approximate surface area is 88.9 Å². The molecule has 0 saturated heterocycles. The lowest BCUT2D eigenvalue weighted by Crippen LogP contribution is -2.01. The van der Waals surface area contributed by atoms with Crippen LogP contribution in [0.15, 0.2) is 23.1 Å². The molecule has 0 aliphatic carbocycles. The summed E-state index contributed by atoms with van der Waals surface area (Å²) in [6, 6.07) is 5.75. The van der Waals surface area contributed by atoms with Crippen LogP contribution in [-0.4, -0.2) is 13.0 Å². The zero-order valence-electron chi connectivity index (χ0n) is 8.39. The van der Waals surface area contributed by atoms with Crippen molar-refractivity contribution >= 4 is 10.1 Å². The van der Waals surface area contributed by atoms with Crippen molar-refractivity contribution in [3.05, 3.63) is 29.3 Å². The third-order valence-electron chi connectivity index (χ3n) is 2.06. The van der Waals surface area contributed by atoms with Gasteiger partial charge in [-0.15, -0.1) is 0 Å². The van der Waals surface area contributed by atoms with Gasteiger partial charge < -0.3 is 4.55 Å². The van der Waals surface area contributed by atoms with Gasteiger partial charge in [0.25, 0.3) is 0 Å². The fourth-order valence-corrected chi connectivity index (χ4v) is 1.79. The van der Waals surface area contributed by atoms with E-state index in [4.69, 9.17) is 5.26 Å². The first-order chi connectivity index (χ1) is 6.86. The van der Waals surface area contributed by atoms with Crippen LogP contribution in [0, 0.1) is 11.3 Å². The van der Waals surface area contributed by atoms with Gasteiger partial charge in [0.1, 0.15) is 10.1 Å². The zero-order chi connectivity index (χ0) is 11.6. The van der Waals surface area contributed by atoms with Gasteiger partial charge in [-0.2, -0.15) is 5.26 Å². The Morgan fingerprint density at radius 2 is 2.00 bits per heavy atom. The van der Waals surface area contributed by atoms with E-state index in [1.807, 2.05) is 19.9 Å². The standard InChI is InChI=1S/C10H11NO3S/c1-7(2)10-4-3-9(15(12,13)14)5-8(10)6-11/h3-5,7H,1-2H3,(H,12,13,14)/p-1. The van der Waals surface area contributed by atoms with Crippen molar-refractivity contribution in [1.29, 1.82) is 5.26 Å². The van der Waals surface area contributed by atoms with Crippen molar-refractivity contribution in [2.24, 2.45) is 0 Å². The average molecular weight is 224 g/mol. The Bertz CT molecular complexity index is 512. The molecule has 1 rings (SSSR count). The van der Waals surface area contributed by atoms with Crippen molar-refractivity contribution in [2.45, 2.75) is 24.7 Å². The van der Waals surface area contributed by atoms with Crippen molar-refractivity contribution in [1.82, 2.24) is 0 Å². The number of nitrogens with zero attached hydrogens (tertiary/aromatic N) is 1. The number of hydrogen-bond donors (Lipinski definition) is 0. The third-order valence-corrected chi connectivity index (χ3v) is 2.89. The van der Waals surface area contributed by atoms with Gasteiger partial charge in [-0.1, -0.05) is 19.9 Å². The highest BCUT2D eigenvalue weighted by molar-refractivity contribution is 7.85. The smallest absolute Gasteiger partial charge is 0.124 e. The summed E-state index contributed by atoms with van der Waals surface area (Å²) < 4.78 is 32.2. The number of benzene rings is 1. The molecule has 80 valence electrons. The molecule has 0 spiro atoms. The maximum atomic E-state index is 10.7. The van der Waals surface area contributed by atoms with Crippen molar-refractivity contribution < 1.29 is 13.0 Å². The SMILES string of the molecule is CC(C)c1ccc(S(=O)(=O)[O-])cc1C#N. The summed E-state index contributed by atoms with van der Waals surface area (Å²) in [4.78, 5) is -0.358. The molecule has 5 heteroatoms. The summed E-state index contributed by atoms with van der Waals surface area (Å²) in [5.41, 5.74) is 0.979. The minimum absolute atomic E-state index is 0.114. The molecule has 0 aliphatic rings. The van der Waals surface area contributed by atoms with Crippen LogP contribution in [0.5, 0.6) is 0 Å². The summed E-state index contributed by atoms with van der Waals surface area (Å²) in [5, 5.41) is 8.81. The van der Waals surface area contributed by atoms with Crippen LogP contribution in [0.25, 0.3) is 0 Å². The molecule has 0 aromatic heterocycles. The summed E-state index contributed by atoms with van der Waals surface area (Å²) in [5.74, 6) is 0.114.